The van der Waals surface area contributed by atoms with Crippen LogP contribution in [0, 0.1) is 0 Å². The lowest BCUT2D eigenvalue weighted by atomic mass is 9.96. The van der Waals surface area contributed by atoms with Gasteiger partial charge in [-0.25, -0.2) is 0 Å². The molecule has 19 heavy (non-hydrogen) atoms. The van der Waals surface area contributed by atoms with Crippen molar-refractivity contribution in [1.29, 1.82) is 0 Å². The minimum atomic E-state index is -0.0185. The van der Waals surface area contributed by atoms with Crippen LogP contribution in [0.2, 0.25) is 0 Å². The van der Waals surface area contributed by atoms with Crippen molar-refractivity contribution in [3.05, 3.63) is 18.0 Å². The third-order valence-corrected chi connectivity index (χ3v) is 4.49. The quantitative estimate of drug-likeness (QED) is 0.907. The lowest BCUT2D eigenvalue weighted by Crippen LogP contribution is -2.45. The molecule has 1 aromatic rings. The molecule has 1 aromatic heterocycles. The molecule has 1 saturated carbocycles. The first-order chi connectivity index (χ1) is 9.25. The number of nitrogens with one attached hydrogen (secondary N) is 1. The first-order valence-electron chi connectivity index (χ1n) is 7.64. The highest BCUT2D eigenvalue weighted by Crippen LogP contribution is 2.29. The summed E-state index contributed by atoms with van der Waals surface area (Å²) >= 11 is 0. The van der Waals surface area contributed by atoms with Gasteiger partial charge >= 0.3 is 0 Å². The van der Waals surface area contributed by atoms with Crippen molar-refractivity contribution in [2.75, 3.05) is 13.1 Å². The highest BCUT2D eigenvalue weighted by molar-refractivity contribution is 4.99. The molecule has 0 bridgehead atoms. The van der Waals surface area contributed by atoms with Crippen molar-refractivity contribution >= 4 is 0 Å². The van der Waals surface area contributed by atoms with E-state index in [1.807, 2.05) is 0 Å². The summed E-state index contributed by atoms with van der Waals surface area (Å²) in [7, 11) is 0. The minimum absolute atomic E-state index is 0.0185. The van der Waals surface area contributed by atoms with Crippen LogP contribution in [0.3, 0.4) is 0 Å². The Labute approximate surface area is 115 Å². The highest BCUT2D eigenvalue weighted by atomic mass is 16.5. The molecule has 1 unspecified atom stereocenters. The van der Waals surface area contributed by atoms with Crippen molar-refractivity contribution in [2.24, 2.45) is 0 Å². The molecule has 4 nitrogen and oxygen atoms in total. The van der Waals surface area contributed by atoms with Crippen molar-refractivity contribution in [1.82, 2.24) is 15.1 Å². The normalized spacial score (nSPS) is 28.9. The Bertz CT molecular complexity index is 403. The monoisotopic (exact) mass is 263 g/mol. The zero-order valence-electron chi connectivity index (χ0n) is 11.9. The summed E-state index contributed by atoms with van der Waals surface area (Å²) in [6.07, 6.45) is 9.72. The van der Waals surface area contributed by atoms with E-state index in [0.29, 0.717) is 12.6 Å². The molecule has 1 aliphatic heterocycles. The van der Waals surface area contributed by atoms with Gasteiger partial charge < -0.3 is 10.1 Å². The molecule has 1 atom stereocenters. The number of rotatable bonds is 4. The number of hydrogen-bond acceptors (Lipinski definition) is 3. The largest absolute Gasteiger partial charge is 0.368 e. The topological polar surface area (TPSA) is 39.1 Å². The van der Waals surface area contributed by atoms with Gasteiger partial charge in [-0.2, -0.15) is 5.10 Å². The number of hydrogen-bond donors (Lipinski definition) is 1. The molecule has 1 N–H and O–H groups in total. The van der Waals surface area contributed by atoms with E-state index in [1.165, 1.54) is 32.1 Å². The maximum Gasteiger partial charge on any atom is 0.0914 e. The average molecular weight is 263 g/mol. The predicted molar refractivity (Wildman–Crippen MR) is 75.0 cm³/mol. The van der Waals surface area contributed by atoms with Crippen LogP contribution in [0.4, 0.5) is 0 Å². The maximum atomic E-state index is 6.09. The van der Waals surface area contributed by atoms with E-state index >= 15 is 0 Å². The molecule has 106 valence electrons. The number of ether oxygens (including phenoxy) is 1. The standard InChI is InChI=1S/C15H25N3O/c1-15(8-4-9-16-12-15)19-11-13-7-10-18(17-13)14-5-2-3-6-14/h7,10,14,16H,2-6,8-9,11-12H2,1H3. The van der Waals surface area contributed by atoms with E-state index in [4.69, 9.17) is 4.74 Å². The van der Waals surface area contributed by atoms with Crippen molar-refractivity contribution < 1.29 is 4.74 Å². The third-order valence-electron chi connectivity index (χ3n) is 4.49. The predicted octanol–water partition coefficient (Wildman–Crippen LogP) is 2.66. The fourth-order valence-electron chi connectivity index (χ4n) is 3.23. The summed E-state index contributed by atoms with van der Waals surface area (Å²) in [6.45, 7) is 4.91. The van der Waals surface area contributed by atoms with Gasteiger partial charge in [0.2, 0.25) is 0 Å². The van der Waals surface area contributed by atoms with Crippen LogP contribution in [0.25, 0.3) is 0 Å². The molecule has 2 aliphatic rings. The first kappa shape index (κ1) is 13.1. The number of aromatic nitrogens is 2. The Kier molecular flexibility index (Phi) is 3.89. The summed E-state index contributed by atoms with van der Waals surface area (Å²) in [6, 6.07) is 2.73. The van der Waals surface area contributed by atoms with E-state index in [2.05, 4.69) is 34.3 Å². The summed E-state index contributed by atoms with van der Waals surface area (Å²) in [5.74, 6) is 0. The SMILES string of the molecule is CC1(OCc2ccn(C3CCCC3)n2)CCCNC1. The van der Waals surface area contributed by atoms with E-state index in [-0.39, 0.29) is 5.60 Å². The fourth-order valence-corrected chi connectivity index (χ4v) is 3.23. The smallest absolute Gasteiger partial charge is 0.0914 e. The van der Waals surface area contributed by atoms with Gasteiger partial charge in [-0.1, -0.05) is 12.8 Å². The van der Waals surface area contributed by atoms with Crippen LogP contribution < -0.4 is 5.32 Å². The summed E-state index contributed by atoms with van der Waals surface area (Å²) in [5, 5.41) is 8.09. The maximum absolute atomic E-state index is 6.09. The zero-order chi connectivity index (χ0) is 13.1. The van der Waals surface area contributed by atoms with Crippen LogP contribution >= 0.6 is 0 Å². The molecular weight excluding hydrogens is 238 g/mol. The van der Waals surface area contributed by atoms with E-state index in [1.54, 1.807) is 0 Å². The molecule has 0 spiro atoms. The Morgan fingerprint density at radius 3 is 3.00 bits per heavy atom. The van der Waals surface area contributed by atoms with E-state index in [9.17, 15) is 0 Å². The van der Waals surface area contributed by atoms with E-state index < -0.39 is 0 Å². The van der Waals surface area contributed by atoms with Crippen LogP contribution in [0.5, 0.6) is 0 Å². The van der Waals surface area contributed by atoms with Gasteiger partial charge in [-0.05, 0) is 45.2 Å². The Morgan fingerprint density at radius 1 is 1.42 bits per heavy atom. The number of piperidine rings is 1. The van der Waals surface area contributed by atoms with Crippen LogP contribution in [-0.4, -0.2) is 28.5 Å². The zero-order valence-corrected chi connectivity index (χ0v) is 11.9. The van der Waals surface area contributed by atoms with Gasteiger partial charge in [-0.3, -0.25) is 4.68 Å². The lowest BCUT2D eigenvalue weighted by molar-refractivity contribution is -0.0585. The molecule has 3 rings (SSSR count). The summed E-state index contributed by atoms with van der Waals surface area (Å²) in [4.78, 5) is 0. The van der Waals surface area contributed by atoms with Gasteiger partial charge in [0.1, 0.15) is 0 Å². The molecular formula is C15H25N3O. The highest BCUT2D eigenvalue weighted by Gasteiger charge is 2.27. The lowest BCUT2D eigenvalue weighted by Gasteiger charge is -2.33. The summed E-state index contributed by atoms with van der Waals surface area (Å²) in [5.41, 5.74) is 1.05. The number of nitrogens with zero attached hydrogens (tertiary/aromatic N) is 2. The van der Waals surface area contributed by atoms with Crippen molar-refractivity contribution in [3.63, 3.8) is 0 Å². The third kappa shape index (κ3) is 3.18. The first-order valence-corrected chi connectivity index (χ1v) is 7.64. The van der Waals surface area contributed by atoms with Gasteiger partial charge in [-0.15, -0.1) is 0 Å². The Morgan fingerprint density at radius 2 is 2.26 bits per heavy atom. The minimum Gasteiger partial charge on any atom is -0.368 e. The van der Waals surface area contributed by atoms with Crippen LogP contribution in [0.15, 0.2) is 12.3 Å². The van der Waals surface area contributed by atoms with Crippen molar-refractivity contribution in [2.45, 2.75) is 63.7 Å². The molecule has 2 heterocycles. The molecule has 1 saturated heterocycles. The van der Waals surface area contributed by atoms with Gasteiger partial charge in [0.25, 0.3) is 0 Å². The molecule has 0 radical (unpaired) electrons. The molecule has 0 aromatic carbocycles. The second-order valence-corrected chi connectivity index (χ2v) is 6.24. The molecule has 2 fully saturated rings. The molecule has 1 aliphatic carbocycles. The van der Waals surface area contributed by atoms with Crippen LogP contribution in [-0.2, 0) is 11.3 Å². The molecule has 4 heteroatoms. The Balaban J connectivity index is 1.55. The van der Waals surface area contributed by atoms with Gasteiger partial charge in [0, 0.05) is 12.7 Å². The van der Waals surface area contributed by atoms with Crippen molar-refractivity contribution in [3.8, 4) is 0 Å². The second kappa shape index (κ2) is 5.63. The van der Waals surface area contributed by atoms with Crippen LogP contribution in [0.1, 0.15) is 57.2 Å². The molecule has 0 amide bonds. The summed E-state index contributed by atoms with van der Waals surface area (Å²) < 4.78 is 8.24. The average Bonchev–Trinajstić information content (AvgIpc) is 3.08. The Hall–Kier alpha value is -0.870. The fraction of sp³-hybridized carbons (Fsp3) is 0.800. The van der Waals surface area contributed by atoms with Gasteiger partial charge in [0.05, 0.1) is 23.9 Å². The van der Waals surface area contributed by atoms with E-state index in [0.717, 1.165) is 25.2 Å². The van der Waals surface area contributed by atoms with Gasteiger partial charge in [0.15, 0.2) is 0 Å². The second-order valence-electron chi connectivity index (χ2n) is 6.24.